The first-order valence-corrected chi connectivity index (χ1v) is 9.56. The Kier molecular flexibility index (Phi) is 5.75. The van der Waals surface area contributed by atoms with E-state index >= 15 is 0 Å². The summed E-state index contributed by atoms with van der Waals surface area (Å²) >= 11 is 0. The van der Waals surface area contributed by atoms with Gasteiger partial charge in [0.15, 0.2) is 0 Å². The number of aliphatic hydroxyl groups is 1. The topological polar surface area (TPSA) is 84.7 Å². The Labute approximate surface area is 168 Å². The van der Waals surface area contributed by atoms with Crippen molar-refractivity contribution < 1.29 is 19.0 Å². The van der Waals surface area contributed by atoms with Gasteiger partial charge in [-0.3, -0.25) is 9.36 Å². The molecule has 1 unspecified atom stereocenters. The molecule has 1 amide bonds. The fourth-order valence-corrected chi connectivity index (χ4v) is 3.49. The van der Waals surface area contributed by atoms with Crippen LogP contribution in [0.2, 0.25) is 0 Å². The quantitative estimate of drug-likeness (QED) is 0.852. The van der Waals surface area contributed by atoms with Crippen molar-refractivity contribution >= 4 is 6.09 Å². The molecule has 2 heterocycles. The molecule has 156 valence electrons. The maximum Gasteiger partial charge on any atom is 0.410 e. The number of amides is 1. The fourth-order valence-electron chi connectivity index (χ4n) is 3.49. The van der Waals surface area contributed by atoms with Crippen LogP contribution in [0.3, 0.4) is 0 Å². The molecule has 1 aliphatic rings. The fraction of sp³-hybridized carbons (Fsp3) is 0.476. The van der Waals surface area contributed by atoms with E-state index in [1.807, 2.05) is 0 Å². The number of aromatic nitrogens is 2. The lowest BCUT2D eigenvalue weighted by molar-refractivity contribution is 0.0219. The molecule has 0 saturated carbocycles. The average Bonchev–Trinajstić information content (AvgIpc) is 2.64. The molecule has 1 aromatic heterocycles. The van der Waals surface area contributed by atoms with Crippen molar-refractivity contribution in [2.45, 2.75) is 52.3 Å². The number of halogens is 1. The minimum atomic E-state index is -0.662. The molecule has 1 N–H and O–H groups in total. The van der Waals surface area contributed by atoms with Gasteiger partial charge in [0, 0.05) is 12.1 Å². The largest absolute Gasteiger partial charge is 0.444 e. The molecular weight excluding hydrogens is 377 g/mol. The van der Waals surface area contributed by atoms with Gasteiger partial charge < -0.3 is 14.7 Å². The molecule has 1 aromatic carbocycles. The van der Waals surface area contributed by atoms with Gasteiger partial charge in [0.25, 0.3) is 5.56 Å². The molecule has 7 nitrogen and oxygen atoms in total. The van der Waals surface area contributed by atoms with Gasteiger partial charge in [0.2, 0.25) is 0 Å². The third kappa shape index (κ3) is 4.48. The van der Waals surface area contributed by atoms with E-state index in [2.05, 4.69) is 4.98 Å². The second-order valence-electron chi connectivity index (χ2n) is 8.16. The van der Waals surface area contributed by atoms with E-state index < -0.39 is 17.7 Å². The van der Waals surface area contributed by atoms with Crippen LogP contribution in [-0.2, 0) is 17.7 Å². The number of aliphatic hydroxyl groups excluding tert-OH is 1. The highest BCUT2D eigenvalue weighted by Crippen LogP contribution is 2.22. The van der Waals surface area contributed by atoms with Gasteiger partial charge in [-0.05, 0) is 51.8 Å². The number of nitrogens with zero attached hydrogens (tertiary/aromatic N) is 3. The zero-order chi connectivity index (χ0) is 21.3. The summed E-state index contributed by atoms with van der Waals surface area (Å²) in [7, 11) is 0. The number of benzene rings is 1. The van der Waals surface area contributed by atoms with Crippen LogP contribution in [0.4, 0.5) is 9.18 Å². The minimum Gasteiger partial charge on any atom is -0.444 e. The Hall–Kier alpha value is -2.74. The number of fused-ring (bicyclic) bond motifs is 1. The number of carbonyl (C=O) groups excluding carboxylic acids is 1. The van der Waals surface area contributed by atoms with Crippen LogP contribution in [0.5, 0.6) is 0 Å². The van der Waals surface area contributed by atoms with E-state index in [4.69, 9.17) is 4.74 Å². The molecule has 2 aromatic rings. The lowest BCUT2D eigenvalue weighted by Gasteiger charge is -2.31. The number of hydrogen-bond donors (Lipinski definition) is 1. The van der Waals surface area contributed by atoms with E-state index in [0.717, 1.165) is 0 Å². The molecule has 3 rings (SSSR count). The molecule has 0 bridgehead atoms. The standard InChI is InChI=1S/C21H26FN3O4/c1-13-23-17-11-24(20(28)29-21(2,3)4)10-9-16(17)19(27)25(13)18(12-26)14-5-7-15(22)8-6-14/h5-8,18,26H,9-12H2,1-4H3. The summed E-state index contributed by atoms with van der Waals surface area (Å²) in [4.78, 5) is 31.6. The molecule has 0 fully saturated rings. The minimum absolute atomic E-state index is 0.196. The number of rotatable bonds is 3. The number of hydrogen-bond acceptors (Lipinski definition) is 5. The van der Waals surface area contributed by atoms with Crippen molar-refractivity contribution in [3.8, 4) is 0 Å². The van der Waals surface area contributed by atoms with Crippen LogP contribution in [0.15, 0.2) is 29.1 Å². The number of aryl methyl sites for hydroxylation is 1. The first-order valence-electron chi connectivity index (χ1n) is 9.56. The lowest BCUT2D eigenvalue weighted by atomic mass is 10.0. The van der Waals surface area contributed by atoms with E-state index in [0.29, 0.717) is 35.6 Å². The van der Waals surface area contributed by atoms with Gasteiger partial charge in [0.1, 0.15) is 17.2 Å². The van der Waals surface area contributed by atoms with E-state index in [-0.39, 0.29) is 24.5 Å². The van der Waals surface area contributed by atoms with Crippen molar-refractivity contribution in [3.05, 3.63) is 63.1 Å². The summed E-state index contributed by atoms with van der Waals surface area (Å²) in [5, 5.41) is 9.93. The lowest BCUT2D eigenvalue weighted by Crippen LogP contribution is -2.44. The predicted octanol–water partition coefficient (Wildman–Crippen LogP) is 2.57. The van der Waals surface area contributed by atoms with Gasteiger partial charge in [-0.15, -0.1) is 0 Å². The van der Waals surface area contributed by atoms with Crippen LogP contribution >= 0.6 is 0 Å². The summed E-state index contributed by atoms with van der Waals surface area (Å²) in [6.45, 7) is 7.30. The highest BCUT2D eigenvalue weighted by molar-refractivity contribution is 5.68. The molecule has 0 spiro atoms. The Balaban J connectivity index is 1.94. The van der Waals surface area contributed by atoms with Crippen LogP contribution in [0, 0.1) is 12.7 Å². The molecule has 1 aliphatic heterocycles. The first kappa shape index (κ1) is 21.0. The maximum atomic E-state index is 13.3. The zero-order valence-electron chi connectivity index (χ0n) is 17.1. The second-order valence-corrected chi connectivity index (χ2v) is 8.16. The van der Waals surface area contributed by atoms with Crippen molar-refractivity contribution in [2.24, 2.45) is 0 Å². The third-order valence-corrected chi connectivity index (χ3v) is 4.83. The summed E-state index contributed by atoms with van der Waals surface area (Å²) < 4.78 is 20.1. The van der Waals surface area contributed by atoms with Crippen molar-refractivity contribution in [1.82, 2.24) is 14.5 Å². The molecule has 0 saturated heterocycles. The molecular formula is C21H26FN3O4. The molecule has 1 atom stereocenters. The van der Waals surface area contributed by atoms with Gasteiger partial charge >= 0.3 is 6.09 Å². The molecule has 0 aliphatic carbocycles. The van der Waals surface area contributed by atoms with Gasteiger partial charge in [-0.25, -0.2) is 14.2 Å². The Morgan fingerprint density at radius 2 is 1.97 bits per heavy atom. The normalized spacial score (nSPS) is 15.0. The summed E-state index contributed by atoms with van der Waals surface area (Å²) in [6.07, 6.45) is -0.0891. The van der Waals surface area contributed by atoms with Gasteiger partial charge in [-0.1, -0.05) is 12.1 Å². The molecule has 8 heteroatoms. The van der Waals surface area contributed by atoms with E-state index in [9.17, 15) is 19.1 Å². The number of carbonyl (C=O) groups is 1. The van der Waals surface area contributed by atoms with Crippen LogP contribution < -0.4 is 5.56 Å². The monoisotopic (exact) mass is 403 g/mol. The SMILES string of the molecule is Cc1nc2c(c(=O)n1C(CO)c1ccc(F)cc1)CCN(C(=O)OC(C)(C)C)C2. The van der Waals surface area contributed by atoms with E-state index in [1.54, 1.807) is 39.8 Å². The van der Waals surface area contributed by atoms with Crippen LogP contribution in [0.1, 0.15) is 49.5 Å². The van der Waals surface area contributed by atoms with E-state index in [1.165, 1.54) is 21.6 Å². The average molecular weight is 403 g/mol. The van der Waals surface area contributed by atoms with Crippen LogP contribution in [0.25, 0.3) is 0 Å². The first-order chi connectivity index (χ1) is 13.6. The predicted molar refractivity (Wildman–Crippen MR) is 105 cm³/mol. The highest BCUT2D eigenvalue weighted by Gasteiger charge is 2.30. The smallest absolute Gasteiger partial charge is 0.410 e. The van der Waals surface area contributed by atoms with Crippen molar-refractivity contribution in [2.75, 3.05) is 13.2 Å². The highest BCUT2D eigenvalue weighted by atomic mass is 19.1. The zero-order valence-corrected chi connectivity index (χ0v) is 17.1. The Bertz CT molecular complexity index is 964. The van der Waals surface area contributed by atoms with Gasteiger partial charge in [0.05, 0.1) is 24.9 Å². The van der Waals surface area contributed by atoms with Crippen molar-refractivity contribution in [3.63, 3.8) is 0 Å². The maximum absolute atomic E-state index is 13.3. The molecule has 29 heavy (non-hydrogen) atoms. The second kappa shape index (κ2) is 7.94. The Morgan fingerprint density at radius 3 is 2.55 bits per heavy atom. The van der Waals surface area contributed by atoms with Crippen molar-refractivity contribution in [1.29, 1.82) is 0 Å². The third-order valence-electron chi connectivity index (χ3n) is 4.83. The summed E-state index contributed by atoms with van der Waals surface area (Å²) in [5.74, 6) is 0.0310. The van der Waals surface area contributed by atoms with Crippen LogP contribution in [-0.4, -0.2) is 44.4 Å². The number of ether oxygens (including phenoxy) is 1. The molecule has 0 radical (unpaired) electrons. The summed E-state index contributed by atoms with van der Waals surface area (Å²) in [5.41, 5.74) is 0.826. The van der Waals surface area contributed by atoms with Gasteiger partial charge in [-0.2, -0.15) is 0 Å². The Morgan fingerprint density at radius 1 is 1.31 bits per heavy atom. The summed E-state index contributed by atoms with van der Waals surface area (Å²) in [6, 6.07) is 5.02.